The van der Waals surface area contributed by atoms with Crippen molar-refractivity contribution in [2.24, 2.45) is 5.92 Å². The number of carbonyl (C=O) groups is 1. The van der Waals surface area contributed by atoms with Gasteiger partial charge in [0.05, 0.1) is 0 Å². The molecule has 0 spiro atoms. The fourth-order valence-corrected chi connectivity index (χ4v) is 3.24. The van der Waals surface area contributed by atoms with E-state index in [2.05, 4.69) is 17.7 Å². The van der Waals surface area contributed by atoms with Crippen LogP contribution < -0.4 is 10.6 Å². The molecule has 2 aliphatic rings. The molecule has 0 aromatic carbocycles. The third-order valence-electron chi connectivity index (χ3n) is 4.63. The molecule has 0 aliphatic heterocycles. The van der Waals surface area contributed by atoms with Crippen molar-refractivity contribution in [2.45, 2.75) is 82.9 Å². The van der Waals surface area contributed by atoms with Gasteiger partial charge in [-0.25, -0.2) is 4.79 Å². The number of carbonyl (C=O) groups excluding carboxylic acids is 1. The minimum absolute atomic E-state index is 0.269. The van der Waals surface area contributed by atoms with E-state index in [0.717, 1.165) is 18.8 Å². The molecule has 2 aliphatic carbocycles. The Kier molecular flexibility index (Phi) is 4.62. The van der Waals surface area contributed by atoms with Gasteiger partial charge < -0.3 is 15.4 Å². The van der Waals surface area contributed by atoms with E-state index in [-0.39, 0.29) is 6.09 Å². The van der Waals surface area contributed by atoms with Crippen LogP contribution in [-0.4, -0.2) is 30.3 Å². The molecule has 0 heterocycles. The van der Waals surface area contributed by atoms with Crippen molar-refractivity contribution < 1.29 is 9.53 Å². The van der Waals surface area contributed by atoms with Crippen LogP contribution in [-0.2, 0) is 4.74 Å². The highest BCUT2D eigenvalue weighted by molar-refractivity contribution is 5.68. The van der Waals surface area contributed by atoms with Crippen LogP contribution in [0.3, 0.4) is 0 Å². The lowest BCUT2D eigenvalue weighted by molar-refractivity contribution is 0.0485. The van der Waals surface area contributed by atoms with Crippen molar-refractivity contribution in [1.29, 1.82) is 0 Å². The van der Waals surface area contributed by atoms with Gasteiger partial charge in [0.25, 0.3) is 0 Å². The highest BCUT2D eigenvalue weighted by atomic mass is 16.6. The first-order valence-electron chi connectivity index (χ1n) is 8.00. The highest BCUT2D eigenvalue weighted by Crippen LogP contribution is 2.43. The second-order valence-electron chi connectivity index (χ2n) is 7.60. The SMILES string of the molecule is CNC1(CC2CCC(NC(=O)OC(C)(C)C)CC2)CC1. The van der Waals surface area contributed by atoms with Crippen molar-refractivity contribution in [3.8, 4) is 0 Å². The Balaban J connectivity index is 1.68. The van der Waals surface area contributed by atoms with Crippen LogP contribution in [0.4, 0.5) is 4.79 Å². The van der Waals surface area contributed by atoms with Gasteiger partial charge >= 0.3 is 6.09 Å². The van der Waals surface area contributed by atoms with Crippen molar-refractivity contribution in [2.75, 3.05) is 7.05 Å². The Morgan fingerprint density at radius 1 is 1.20 bits per heavy atom. The summed E-state index contributed by atoms with van der Waals surface area (Å²) < 4.78 is 5.32. The van der Waals surface area contributed by atoms with Gasteiger partial charge in [-0.3, -0.25) is 0 Å². The molecule has 4 heteroatoms. The standard InChI is InChI=1S/C16H30N2O2/c1-15(2,3)20-14(19)18-13-7-5-12(6-8-13)11-16(17-4)9-10-16/h12-13,17H,5-11H2,1-4H3,(H,18,19). The topological polar surface area (TPSA) is 50.4 Å². The molecule has 2 N–H and O–H groups in total. The van der Waals surface area contributed by atoms with Gasteiger partial charge in [-0.05, 0) is 78.7 Å². The fraction of sp³-hybridized carbons (Fsp3) is 0.938. The minimum atomic E-state index is -0.410. The van der Waals surface area contributed by atoms with Crippen LogP contribution in [0.15, 0.2) is 0 Å². The van der Waals surface area contributed by atoms with E-state index in [0.29, 0.717) is 11.6 Å². The van der Waals surface area contributed by atoms with Gasteiger partial charge in [-0.15, -0.1) is 0 Å². The number of amides is 1. The van der Waals surface area contributed by atoms with E-state index in [1.807, 2.05) is 20.8 Å². The molecule has 0 aromatic rings. The summed E-state index contributed by atoms with van der Waals surface area (Å²) in [7, 11) is 2.09. The molecule has 0 radical (unpaired) electrons. The molecule has 4 nitrogen and oxygen atoms in total. The molecule has 0 saturated heterocycles. The predicted octanol–water partition coefficient (Wildman–Crippen LogP) is 3.21. The first kappa shape index (κ1) is 15.6. The molecule has 2 fully saturated rings. The van der Waals surface area contributed by atoms with Gasteiger partial charge in [0.1, 0.15) is 5.60 Å². The van der Waals surface area contributed by atoms with E-state index in [4.69, 9.17) is 4.74 Å². The first-order valence-corrected chi connectivity index (χ1v) is 8.00. The lowest BCUT2D eigenvalue weighted by Crippen LogP contribution is -2.41. The zero-order chi connectivity index (χ0) is 14.8. The lowest BCUT2D eigenvalue weighted by atomic mass is 9.81. The van der Waals surface area contributed by atoms with Gasteiger partial charge in [-0.1, -0.05) is 0 Å². The van der Waals surface area contributed by atoms with Crippen LogP contribution in [0.5, 0.6) is 0 Å². The quantitative estimate of drug-likeness (QED) is 0.832. The van der Waals surface area contributed by atoms with Crippen LogP contribution >= 0.6 is 0 Å². The molecular formula is C16H30N2O2. The Bertz CT molecular complexity index is 337. The monoisotopic (exact) mass is 282 g/mol. The van der Waals surface area contributed by atoms with Crippen LogP contribution in [0.25, 0.3) is 0 Å². The minimum Gasteiger partial charge on any atom is -0.444 e. The molecule has 1 amide bonds. The molecule has 0 aromatic heterocycles. The van der Waals surface area contributed by atoms with E-state index in [1.165, 1.54) is 32.1 Å². The zero-order valence-electron chi connectivity index (χ0n) is 13.4. The second-order valence-corrected chi connectivity index (χ2v) is 7.60. The van der Waals surface area contributed by atoms with Crippen LogP contribution in [0.1, 0.15) is 65.7 Å². The van der Waals surface area contributed by atoms with Crippen molar-refractivity contribution in [1.82, 2.24) is 10.6 Å². The summed E-state index contributed by atoms with van der Waals surface area (Å²) in [6, 6.07) is 0.297. The van der Waals surface area contributed by atoms with Crippen LogP contribution in [0.2, 0.25) is 0 Å². The maximum absolute atomic E-state index is 11.8. The normalized spacial score (nSPS) is 28.8. The predicted molar refractivity (Wildman–Crippen MR) is 80.8 cm³/mol. The Morgan fingerprint density at radius 2 is 1.80 bits per heavy atom. The summed E-state index contributed by atoms with van der Waals surface area (Å²) in [6.07, 6.45) is 8.33. The molecule has 0 unspecified atom stereocenters. The second kappa shape index (κ2) is 5.92. The molecule has 116 valence electrons. The lowest BCUT2D eigenvalue weighted by Gasteiger charge is -2.32. The molecule has 2 rings (SSSR count). The average molecular weight is 282 g/mol. The largest absolute Gasteiger partial charge is 0.444 e. The molecule has 0 atom stereocenters. The number of ether oxygens (including phenoxy) is 1. The van der Waals surface area contributed by atoms with E-state index < -0.39 is 5.60 Å². The Labute approximate surface area is 123 Å². The maximum Gasteiger partial charge on any atom is 0.407 e. The van der Waals surface area contributed by atoms with Crippen molar-refractivity contribution in [3.63, 3.8) is 0 Å². The average Bonchev–Trinajstić information content (AvgIpc) is 3.10. The summed E-state index contributed by atoms with van der Waals surface area (Å²) in [6.45, 7) is 5.70. The molecular weight excluding hydrogens is 252 g/mol. The summed E-state index contributed by atoms with van der Waals surface area (Å²) in [5.41, 5.74) is 0.0442. The number of hydrogen-bond donors (Lipinski definition) is 2. The third-order valence-corrected chi connectivity index (χ3v) is 4.63. The van der Waals surface area contributed by atoms with Gasteiger partial charge in [0, 0.05) is 11.6 Å². The third kappa shape index (κ3) is 4.65. The number of hydrogen-bond acceptors (Lipinski definition) is 3. The summed E-state index contributed by atoms with van der Waals surface area (Å²) in [4.78, 5) is 11.8. The molecule has 2 saturated carbocycles. The van der Waals surface area contributed by atoms with Crippen LogP contribution in [0, 0.1) is 5.92 Å². The van der Waals surface area contributed by atoms with Crippen molar-refractivity contribution >= 4 is 6.09 Å². The van der Waals surface area contributed by atoms with E-state index in [1.54, 1.807) is 0 Å². The van der Waals surface area contributed by atoms with Gasteiger partial charge in [-0.2, -0.15) is 0 Å². The smallest absolute Gasteiger partial charge is 0.407 e. The maximum atomic E-state index is 11.8. The van der Waals surface area contributed by atoms with E-state index in [9.17, 15) is 4.79 Å². The first-order chi connectivity index (χ1) is 9.32. The summed E-state index contributed by atoms with van der Waals surface area (Å²) in [5, 5.41) is 6.49. The Morgan fingerprint density at radius 3 is 2.25 bits per heavy atom. The number of nitrogens with one attached hydrogen (secondary N) is 2. The zero-order valence-corrected chi connectivity index (χ0v) is 13.4. The van der Waals surface area contributed by atoms with Gasteiger partial charge in [0.2, 0.25) is 0 Å². The summed E-state index contributed by atoms with van der Waals surface area (Å²) >= 11 is 0. The molecule has 20 heavy (non-hydrogen) atoms. The number of alkyl carbamates (subject to hydrolysis) is 1. The van der Waals surface area contributed by atoms with Gasteiger partial charge in [0.15, 0.2) is 0 Å². The van der Waals surface area contributed by atoms with E-state index >= 15 is 0 Å². The summed E-state index contributed by atoms with van der Waals surface area (Å²) in [5.74, 6) is 0.821. The highest BCUT2D eigenvalue weighted by Gasteiger charge is 2.43. The molecule has 0 bridgehead atoms. The number of rotatable bonds is 4. The van der Waals surface area contributed by atoms with Crippen molar-refractivity contribution in [3.05, 3.63) is 0 Å². The fourth-order valence-electron chi connectivity index (χ4n) is 3.24. The Hall–Kier alpha value is -0.770.